The van der Waals surface area contributed by atoms with E-state index < -0.39 is 0 Å². The van der Waals surface area contributed by atoms with Gasteiger partial charge in [0, 0.05) is 18.8 Å². The molecule has 2 heterocycles. The largest absolute Gasteiger partial charge is 0.465 e. The molecule has 1 aliphatic rings. The van der Waals surface area contributed by atoms with Gasteiger partial charge in [0.1, 0.15) is 5.69 Å². The number of amides is 1. The third-order valence-electron chi connectivity index (χ3n) is 5.55. The number of methoxy groups -OCH3 is 1. The van der Waals surface area contributed by atoms with Crippen LogP contribution >= 0.6 is 0 Å². The van der Waals surface area contributed by atoms with Gasteiger partial charge in [-0.1, -0.05) is 37.3 Å². The summed E-state index contributed by atoms with van der Waals surface area (Å²) in [6.07, 6.45) is 3.73. The Morgan fingerprint density at radius 1 is 1.19 bits per heavy atom. The molecule has 5 nitrogen and oxygen atoms in total. The molecule has 0 radical (unpaired) electrons. The van der Waals surface area contributed by atoms with E-state index in [2.05, 4.69) is 29.2 Å². The SMILES string of the molecule is CCc1[nH]c(C(=O)N2CCC(Cc3ccccc3)CC2)c(C)c1C(=O)OC. The van der Waals surface area contributed by atoms with E-state index in [-0.39, 0.29) is 11.9 Å². The van der Waals surface area contributed by atoms with Gasteiger partial charge in [0.05, 0.1) is 12.7 Å². The van der Waals surface area contributed by atoms with Gasteiger partial charge in [0.2, 0.25) is 0 Å². The summed E-state index contributed by atoms with van der Waals surface area (Å²) >= 11 is 0. The van der Waals surface area contributed by atoms with Crippen LogP contribution in [-0.4, -0.2) is 42.0 Å². The molecule has 0 bridgehead atoms. The second-order valence-corrected chi connectivity index (χ2v) is 7.25. The van der Waals surface area contributed by atoms with Crippen molar-refractivity contribution in [2.45, 2.75) is 39.5 Å². The fourth-order valence-corrected chi connectivity index (χ4v) is 3.96. The molecule has 0 aliphatic carbocycles. The number of hydrogen-bond donors (Lipinski definition) is 1. The molecule has 3 rings (SSSR count). The Hall–Kier alpha value is -2.56. The topological polar surface area (TPSA) is 62.4 Å². The molecule has 1 fully saturated rings. The van der Waals surface area contributed by atoms with E-state index in [1.807, 2.05) is 24.8 Å². The quantitative estimate of drug-likeness (QED) is 0.817. The molecular weight excluding hydrogens is 340 g/mol. The van der Waals surface area contributed by atoms with Gasteiger partial charge in [-0.15, -0.1) is 0 Å². The lowest BCUT2D eigenvalue weighted by atomic mass is 9.90. The molecule has 2 aromatic rings. The van der Waals surface area contributed by atoms with Crippen LogP contribution in [0.1, 0.15) is 57.4 Å². The summed E-state index contributed by atoms with van der Waals surface area (Å²) in [5.74, 6) is 0.203. The molecular formula is C22H28N2O3. The lowest BCUT2D eigenvalue weighted by Gasteiger charge is -2.32. The molecule has 27 heavy (non-hydrogen) atoms. The Bertz CT molecular complexity index is 802. The first-order chi connectivity index (χ1) is 13.0. The fourth-order valence-electron chi connectivity index (χ4n) is 3.96. The average Bonchev–Trinajstić information content (AvgIpc) is 3.04. The molecule has 0 unspecified atom stereocenters. The number of likely N-dealkylation sites (tertiary alicyclic amines) is 1. The summed E-state index contributed by atoms with van der Waals surface area (Å²) < 4.78 is 4.88. The van der Waals surface area contributed by atoms with E-state index in [0.717, 1.165) is 38.0 Å². The van der Waals surface area contributed by atoms with Crippen LogP contribution in [0.2, 0.25) is 0 Å². The number of aromatic amines is 1. The monoisotopic (exact) mass is 368 g/mol. The highest BCUT2D eigenvalue weighted by Gasteiger charge is 2.29. The maximum Gasteiger partial charge on any atom is 0.339 e. The third kappa shape index (κ3) is 4.07. The number of hydrogen-bond acceptors (Lipinski definition) is 3. The predicted octanol–water partition coefficient (Wildman–Crippen LogP) is 3.77. The minimum Gasteiger partial charge on any atom is -0.465 e. The van der Waals surface area contributed by atoms with E-state index in [1.165, 1.54) is 12.7 Å². The Kier molecular flexibility index (Phi) is 5.99. The number of H-pyrrole nitrogens is 1. The van der Waals surface area contributed by atoms with Crippen LogP contribution in [0.4, 0.5) is 0 Å². The number of nitrogens with zero attached hydrogens (tertiary/aromatic N) is 1. The molecule has 1 aromatic carbocycles. The van der Waals surface area contributed by atoms with Crippen molar-refractivity contribution in [2.75, 3.05) is 20.2 Å². The van der Waals surface area contributed by atoms with Crippen LogP contribution in [0.15, 0.2) is 30.3 Å². The molecule has 1 aliphatic heterocycles. The average molecular weight is 368 g/mol. The summed E-state index contributed by atoms with van der Waals surface area (Å²) in [6.45, 7) is 5.28. The number of piperidine rings is 1. The second-order valence-electron chi connectivity index (χ2n) is 7.25. The van der Waals surface area contributed by atoms with Crippen molar-refractivity contribution in [2.24, 2.45) is 5.92 Å². The molecule has 0 saturated carbocycles. The lowest BCUT2D eigenvalue weighted by Crippen LogP contribution is -2.39. The molecule has 1 N–H and O–H groups in total. The van der Waals surface area contributed by atoms with Gasteiger partial charge in [0.25, 0.3) is 5.91 Å². The zero-order valence-electron chi connectivity index (χ0n) is 16.4. The van der Waals surface area contributed by atoms with Crippen molar-refractivity contribution >= 4 is 11.9 Å². The van der Waals surface area contributed by atoms with Crippen molar-refractivity contribution in [3.05, 3.63) is 58.4 Å². The maximum absolute atomic E-state index is 13.0. The van der Waals surface area contributed by atoms with E-state index in [0.29, 0.717) is 29.2 Å². The summed E-state index contributed by atoms with van der Waals surface area (Å²) in [6, 6.07) is 10.5. The molecule has 144 valence electrons. The van der Waals surface area contributed by atoms with Crippen molar-refractivity contribution in [3.63, 3.8) is 0 Å². The molecule has 0 spiro atoms. The smallest absolute Gasteiger partial charge is 0.339 e. The van der Waals surface area contributed by atoms with Gasteiger partial charge in [0.15, 0.2) is 0 Å². The van der Waals surface area contributed by atoms with Crippen molar-refractivity contribution in [1.29, 1.82) is 0 Å². The number of aryl methyl sites for hydroxylation is 1. The molecule has 0 atom stereocenters. The van der Waals surface area contributed by atoms with Crippen LogP contribution in [-0.2, 0) is 17.6 Å². The summed E-state index contributed by atoms with van der Waals surface area (Å²) in [4.78, 5) is 30.2. The summed E-state index contributed by atoms with van der Waals surface area (Å²) in [5.41, 5.74) is 3.84. The number of aromatic nitrogens is 1. The fraction of sp³-hybridized carbons (Fsp3) is 0.455. The zero-order chi connectivity index (χ0) is 19.4. The first-order valence-electron chi connectivity index (χ1n) is 9.68. The van der Waals surface area contributed by atoms with E-state index in [9.17, 15) is 9.59 Å². The summed E-state index contributed by atoms with van der Waals surface area (Å²) in [7, 11) is 1.37. The third-order valence-corrected chi connectivity index (χ3v) is 5.55. The highest BCUT2D eigenvalue weighted by molar-refractivity contribution is 6.00. The minimum absolute atomic E-state index is 0.0180. The Labute approximate surface area is 160 Å². The Morgan fingerprint density at radius 3 is 2.44 bits per heavy atom. The van der Waals surface area contributed by atoms with Crippen LogP contribution in [0.25, 0.3) is 0 Å². The molecule has 1 amide bonds. The lowest BCUT2D eigenvalue weighted by molar-refractivity contribution is 0.0599. The maximum atomic E-state index is 13.0. The first kappa shape index (κ1) is 19.2. The number of benzene rings is 1. The minimum atomic E-state index is -0.388. The Morgan fingerprint density at radius 2 is 1.85 bits per heavy atom. The molecule has 1 saturated heterocycles. The van der Waals surface area contributed by atoms with Gasteiger partial charge in [-0.2, -0.15) is 0 Å². The van der Waals surface area contributed by atoms with Gasteiger partial charge in [-0.25, -0.2) is 4.79 Å². The predicted molar refractivity (Wildman–Crippen MR) is 105 cm³/mol. The van der Waals surface area contributed by atoms with Gasteiger partial charge < -0.3 is 14.6 Å². The number of esters is 1. The van der Waals surface area contributed by atoms with Crippen molar-refractivity contribution in [1.82, 2.24) is 9.88 Å². The second kappa shape index (κ2) is 8.42. The van der Waals surface area contributed by atoms with Crippen molar-refractivity contribution < 1.29 is 14.3 Å². The highest BCUT2D eigenvalue weighted by atomic mass is 16.5. The molecule has 5 heteroatoms. The normalized spacial score (nSPS) is 15.0. The number of nitrogens with one attached hydrogen (secondary N) is 1. The standard InChI is InChI=1S/C22H28N2O3/c1-4-18-19(22(26)27-3)15(2)20(23-18)21(25)24-12-10-17(11-13-24)14-16-8-6-5-7-9-16/h5-9,17,23H,4,10-14H2,1-3H3. The van der Waals surface area contributed by atoms with E-state index >= 15 is 0 Å². The first-order valence-corrected chi connectivity index (χ1v) is 9.68. The van der Waals surface area contributed by atoms with Crippen LogP contribution < -0.4 is 0 Å². The van der Waals surface area contributed by atoms with Crippen LogP contribution in [0.5, 0.6) is 0 Å². The molecule has 1 aromatic heterocycles. The van der Waals surface area contributed by atoms with Gasteiger partial charge in [-0.3, -0.25) is 4.79 Å². The van der Waals surface area contributed by atoms with Gasteiger partial charge in [-0.05, 0) is 49.7 Å². The Balaban J connectivity index is 1.67. The number of rotatable bonds is 5. The summed E-state index contributed by atoms with van der Waals surface area (Å²) in [5, 5.41) is 0. The van der Waals surface area contributed by atoms with Gasteiger partial charge >= 0.3 is 5.97 Å². The zero-order valence-corrected chi connectivity index (χ0v) is 16.4. The van der Waals surface area contributed by atoms with E-state index in [1.54, 1.807) is 0 Å². The number of carbonyl (C=O) groups excluding carboxylic acids is 2. The number of carbonyl (C=O) groups is 2. The number of ether oxygens (including phenoxy) is 1. The van der Waals surface area contributed by atoms with Crippen molar-refractivity contribution in [3.8, 4) is 0 Å². The van der Waals surface area contributed by atoms with E-state index in [4.69, 9.17) is 4.74 Å². The van der Waals surface area contributed by atoms with Crippen LogP contribution in [0, 0.1) is 12.8 Å². The highest BCUT2D eigenvalue weighted by Crippen LogP contribution is 2.25. The van der Waals surface area contributed by atoms with Crippen LogP contribution in [0.3, 0.4) is 0 Å².